The van der Waals surface area contributed by atoms with Gasteiger partial charge < -0.3 is 34.5 Å². The summed E-state index contributed by atoms with van der Waals surface area (Å²) in [5.41, 5.74) is 6.63. The lowest BCUT2D eigenvalue weighted by Gasteiger charge is -2.36. The molecule has 0 saturated carbocycles. The third-order valence-electron chi connectivity index (χ3n) is 4.70. The summed E-state index contributed by atoms with van der Waals surface area (Å²) in [5.74, 6) is 2.28. The summed E-state index contributed by atoms with van der Waals surface area (Å²) in [5, 5.41) is 0. The quantitative estimate of drug-likeness (QED) is 0.554. The molecule has 1 aliphatic rings. The first-order valence-electron chi connectivity index (χ1n) is 10.0. The van der Waals surface area contributed by atoms with E-state index in [1.54, 1.807) is 26.2 Å². The van der Waals surface area contributed by atoms with Crippen LogP contribution in [0.25, 0.3) is 0 Å². The van der Waals surface area contributed by atoms with E-state index in [4.69, 9.17) is 24.7 Å². The van der Waals surface area contributed by atoms with Crippen LogP contribution in [-0.2, 0) is 11.2 Å². The van der Waals surface area contributed by atoms with Crippen LogP contribution in [0.3, 0.4) is 0 Å². The lowest BCUT2D eigenvalue weighted by Crippen LogP contribution is -2.53. The van der Waals surface area contributed by atoms with Crippen LogP contribution in [0, 0.1) is 0 Å². The molecule has 0 unspecified atom stereocenters. The van der Waals surface area contributed by atoms with E-state index in [1.807, 2.05) is 37.8 Å². The zero-order chi connectivity index (χ0) is 22.3. The van der Waals surface area contributed by atoms with Crippen molar-refractivity contribution in [1.82, 2.24) is 9.80 Å². The number of methoxy groups -OCH3 is 3. The highest BCUT2D eigenvalue weighted by Gasteiger charge is 2.26. The van der Waals surface area contributed by atoms with Crippen molar-refractivity contribution in [2.24, 2.45) is 10.7 Å². The zero-order valence-corrected chi connectivity index (χ0v) is 18.9. The van der Waals surface area contributed by atoms with Gasteiger partial charge in [0.25, 0.3) is 0 Å². The summed E-state index contributed by atoms with van der Waals surface area (Å²) in [6.07, 6.45) is 0.348. The molecule has 1 amide bonds. The van der Waals surface area contributed by atoms with Crippen LogP contribution in [0.1, 0.15) is 26.3 Å². The minimum absolute atomic E-state index is 0.293. The van der Waals surface area contributed by atoms with Gasteiger partial charge in [0.2, 0.25) is 5.75 Å². The molecule has 1 fully saturated rings. The summed E-state index contributed by atoms with van der Waals surface area (Å²) in [6, 6.07) is 3.78. The number of aliphatic imine (C=N–C) groups is 1. The Morgan fingerprint density at radius 3 is 2.13 bits per heavy atom. The van der Waals surface area contributed by atoms with E-state index < -0.39 is 5.60 Å². The molecule has 0 aromatic heterocycles. The number of rotatable bonds is 6. The average Bonchev–Trinajstić information content (AvgIpc) is 2.71. The van der Waals surface area contributed by atoms with E-state index in [0.717, 1.165) is 5.56 Å². The number of piperazine rings is 1. The fourth-order valence-corrected chi connectivity index (χ4v) is 3.20. The predicted molar refractivity (Wildman–Crippen MR) is 116 cm³/mol. The van der Waals surface area contributed by atoms with Crippen molar-refractivity contribution in [3.8, 4) is 17.2 Å². The normalized spacial score (nSPS) is 15.1. The van der Waals surface area contributed by atoms with E-state index in [0.29, 0.717) is 62.4 Å². The van der Waals surface area contributed by atoms with Gasteiger partial charge in [-0.3, -0.25) is 4.99 Å². The van der Waals surface area contributed by atoms with E-state index in [2.05, 4.69) is 4.99 Å². The Morgan fingerprint density at radius 2 is 1.60 bits per heavy atom. The molecule has 0 bridgehead atoms. The van der Waals surface area contributed by atoms with Gasteiger partial charge >= 0.3 is 6.09 Å². The lowest BCUT2D eigenvalue weighted by atomic mass is 10.1. The number of amides is 1. The molecule has 1 aromatic rings. The van der Waals surface area contributed by atoms with Crippen LogP contribution < -0.4 is 19.9 Å². The van der Waals surface area contributed by atoms with Gasteiger partial charge in [0.05, 0.1) is 21.3 Å². The molecule has 1 aromatic carbocycles. The number of nitrogens with two attached hydrogens (primary N) is 1. The molecule has 168 valence electrons. The topological polar surface area (TPSA) is 98.9 Å². The average molecular weight is 423 g/mol. The maximum atomic E-state index is 12.2. The smallest absolute Gasteiger partial charge is 0.410 e. The largest absolute Gasteiger partial charge is 0.493 e. The van der Waals surface area contributed by atoms with Gasteiger partial charge in [0.1, 0.15) is 5.60 Å². The first-order valence-corrected chi connectivity index (χ1v) is 10.0. The van der Waals surface area contributed by atoms with Crippen molar-refractivity contribution >= 4 is 12.1 Å². The molecular weight excluding hydrogens is 388 g/mol. The van der Waals surface area contributed by atoms with Gasteiger partial charge in [-0.15, -0.1) is 0 Å². The van der Waals surface area contributed by atoms with E-state index in [9.17, 15) is 4.79 Å². The molecule has 9 nitrogen and oxygen atoms in total. The Hall–Kier alpha value is -2.84. The molecule has 2 rings (SSSR count). The molecule has 1 heterocycles. The number of carbonyl (C=O) groups is 1. The lowest BCUT2D eigenvalue weighted by molar-refractivity contribution is 0.0186. The van der Waals surface area contributed by atoms with Crippen molar-refractivity contribution in [3.05, 3.63) is 17.7 Å². The van der Waals surface area contributed by atoms with Crippen molar-refractivity contribution in [2.75, 3.05) is 54.1 Å². The zero-order valence-electron chi connectivity index (χ0n) is 18.9. The Balaban J connectivity index is 1.92. The van der Waals surface area contributed by atoms with E-state index in [-0.39, 0.29) is 6.09 Å². The van der Waals surface area contributed by atoms with Gasteiger partial charge in [-0.05, 0) is 33.3 Å². The van der Waals surface area contributed by atoms with Crippen molar-refractivity contribution in [2.45, 2.75) is 32.8 Å². The second-order valence-corrected chi connectivity index (χ2v) is 7.94. The third kappa shape index (κ3) is 6.08. The minimum Gasteiger partial charge on any atom is -0.493 e. The second kappa shape index (κ2) is 10.3. The summed E-state index contributed by atoms with van der Waals surface area (Å²) < 4.78 is 21.7. The van der Waals surface area contributed by atoms with Crippen molar-refractivity contribution in [1.29, 1.82) is 0 Å². The molecular formula is C21H34N4O5. The van der Waals surface area contributed by atoms with Crippen LogP contribution in [0.15, 0.2) is 17.1 Å². The van der Waals surface area contributed by atoms with Gasteiger partial charge in [-0.1, -0.05) is 6.07 Å². The Morgan fingerprint density at radius 1 is 1.00 bits per heavy atom. The van der Waals surface area contributed by atoms with Crippen LogP contribution in [-0.4, -0.2) is 81.5 Å². The molecule has 1 aliphatic heterocycles. The Kier molecular flexibility index (Phi) is 8.02. The molecule has 1 saturated heterocycles. The molecule has 0 atom stereocenters. The number of hydrogen-bond acceptors (Lipinski definition) is 6. The summed E-state index contributed by atoms with van der Waals surface area (Å²) >= 11 is 0. The maximum Gasteiger partial charge on any atom is 0.410 e. The summed E-state index contributed by atoms with van der Waals surface area (Å²) in [6.45, 7) is 8.42. The standard InChI is InChI=1S/C21H34N4O5/c1-21(2,3)30-20(26)25-13-11-24(12-14-25)19(22)23-10-9-15-7-8-16(27-4)18(29-6)17(15)28-5/h7-8H,9-14H2,1-6H3,(H2,22,23). The highest BCUT2D eigenvalue weighted by atomic mass is 16.6. The molecule has 9 heteroatoms. The van der Waals surface area contributed by atoms with Crippen molar-refractivity contribution in [3.63, 3.8) is 0 Å². The van der Waals surface area contributed by atoms with Gasteiger partial charge in [0, 0.05) is 38.3 Å². The van der Waals surface area contributed by atoms with Gasteiger partial charge in [-0.25, -0.2) is 4.79 Å². The molecule has 0 aliphatic carbocycles. The number of nitrogens with zero attached hydrogens (tertiary/aromatic N) is 3. The van der Waals surface area contributed by atoms with E-state index >= 15 is 0 Å². The number of carbonyl (C=O) groups excluding carboxylic acids is 1. The van der Waals surface area contributed by atoms with E-state index in [1.165, 1.54) is 0 Å². The third-order valence-corrected chi connectivity index (χ3v) is 4.70. The van der Waals surface area contributed by atoms with Crippen LogP contribution in [0.5, 0.6) is 17.2 Å². The summed E-state index contributed by atoms with van der Waals surface area (Å²) in [4.78, 5) is 20.4. The number of guanidine groups is 1. The predicted octanol–water partition coefficient (Wildman–Crippen LogP) is 2.12. The van der Waals surface area contributed by atoms with Crippen molar-refractivity contribution < 1.29 is 23.7 Å². The SMILES string of the molecule is COc1ccc(CCN=C(N)N2CCN(C(=O)OC(C)(C)C)CC2)c(OC)c1OC. The molecule has 2 N–H and O–H groups in total. The first-order chi connectivity index (χ1) is 14.2. The minimum atomic E-state index is -0.500. The second-order valence-electron chi connectivity index (χ2n) is 7.94. The van der Waals surface area contributed by atoms with Crippen LogP contribution in [0.2, 0.25) is 0 Å². The summed E-state index contributed by atoms with van der Waals surface area (Å²) in [7, 11) is 4.77. The maximum absolute atomic E-state index is 12.2. The highest BCUT2D eigenvalue weighted by Crippen LogP contribution is 2.39. The first kappa shape index (κ1) is 23.4. The Bertz CT molecular complexity index is 752. The van der Waals surface area contributed by atoms with Crippen LogP contribution >= 0.6 is 0 Å². The fourth-order valence-electron chi connectivity index (χ4n) is 3.20. The molecule has 30 heavy (non-hydrogen) atoms. The van der Waals surface area contributed by atoms with Crippen LogP contribution in [0.4, 0.5) is 4.79 Å². The van der Waals surface area contributed by atoms with Gasteiger partial charge in [0.15, 0.2) is 17.5 Å². The number of ether oxygens (including phenoxy) is 4. The monoisotopic (exact) mass is 422 g/mol. The number of benzene rings is 1. The number of hydrogen-bond donors (Lipinski definition) is 1. The Labute approximate surface area is 178 Å². The highest BCUT2D eigenvalue weighted by molar-refractivity contribution is 5.78. The molecule has 0 radical (unpaired) electrons. The molecule has 0 spiro atoms. The fraction of sp³-hybridized carbons (Fsp3) is 0.619. The van der Waals surface area contributed by atoms with Gasteiger partial charge in [-0.2, -0.15) is 0 Å².